The van der Waals surface area contributed by atoms with Gasteiger partial charge in [-0.05, 0) is 32.0 Å². The molecule has 1 aliphatic rings. The molecule has 130 valence electrons. The van der Waals surface area contributed by atoms with Crippen molar-refractivity contribution in [3.63, 3.8) is 0 Å². The highest BCUT2D eigenvalue weighted by atomic mass is 35.5. The second-order valence-electron chi connectivity index (χ2n) is 5.70. The molecule has 0 bridgehead atoms. The summed E-state index contributed by atoms with van der Waals surface area (Å²) in [5.74, 6) is 0.894. The van der Waals surface area contributed by atoms with Crippen molar-refractivity contribution in [2.75, 3.05) is 33.3 Å². The fourth-order valence-corrected chi connectivity index (χ4v) is 3.04. The van der Waals surface area contributed by atoms with E-state index in [1.54, 1.807) is 7.11 Å². The lowest BCUT2D eigenvalue weighted by Gasteiger charge is -2.35. The number of rotatable bonds is 7. The molecule has 1 atom stereocenters. The first kappa shape index (κ1) is 19.7. The van der Waals surface area contributed by atoms with Gasteiger partial charge in [0.05, 0.1) is 13.2 Å². The molecule has 1 saturated heterocycles. The van der Waals surface area contributed by atoms with Gasteiger partial charge in [-0.3, -0.25) is 9.69 Å². The zero-order valence-electron chi connectivity index (χ0n) is 13.8. The van der Waals surface area contributed by atoms with E-state index in [2.05, 4.69) is 16.3 Å². The van der Waals surface area contributed by atoms with Crippen molar-refractivity contribution in [3.05, 3.63) is 29.8 Å². The summed E-state index contributed by atoms with van der Waals surface area (Å²) in [6.45, 7) is 3.11. The second kappa shape index (κ2) is 10.5. The van der Waals surface area contributed by atoms with Gasteiger partial charge in [0.2, 0.25) is 5.91 Å². The van der Waals surface area contributed by atoms with Gasteiger partial charge >= 0.3 is 0 Å². The monoisotopic (exact) mass is 341 g/mol. The molecular weight excluding hydrogens is 314 g/mol. The number of nitrogens with one attached hydrogen (secondary N) is 1. The summed E-state index contributed by atoms with van der Waals surface area (Å²) in [6.07, 6.45) is 4.08. The molecule has 1 fully saturated rings. The Labute approximate surface area is 145 Å². The number of carbonyl (C=O) groups is 1. The lowest BCUT2D eigenvalue weighted by atomic mass is 10.0. The van der Waals surface area contributed by atoms with Crippen LogP contribution in [-0.4, -0.2) is 44.1 Å². The van der Waals surface area contributed by atoms with Crippen molar-refractivity contribution in [1.82, 2.24) is 10.2 Å². The number of hydrogen-bond acceptors (Lipinski definition) is 4. The van der Waals surface area contributed by atoms with Crippen LogP contribution in [0.25, 0.3) is 0 Å². The third-order valence-corrected chi connectivity index (χ3v) is 4.19. The van der Waals surface area contributed by atoms with E-state index in [1.807, 2.05) is 18.2 Å². The smallest absolute Gasteiger partial charge is 0.221 e. The normalized spacial score (nSPS) is 16.3. The van der Waals surface area contributed by atoms with E-state index in [4.69, 9.17) is 10.5 Å². The van der Waals surface area contributed by atoms with Crippen molar-refractivity contribution in [3.8, 4) is 5.75 Å². The van der Waals surface area contributed by atoms with Gasteiger partial charge in [0.15, 0.2) is 0 Å². The first-order valence-corrected chi connectivity index (χ1v) is 8.10. The van der Waals surface area contributed by atoms with E-state index in [9.17, 15) is 4.79 Å². The first-order chi connectivity index (χ1) is 10.8. The number of amides is 1. The fraction of sp³-hybridized carbons (Fsp3) is 0.588. The lowest BCUT2D eigenvalue weighted by Crippen LogP contribution is -2.41. The summed E-state index contributed by atoms with van der Waals surface area (Å²) in [7, 11) is 1.69. The van der Waals surface area contributed by atoms with Gasteiger partial charge in [0.1, 0.15) is 5.75 Å². The predicted molar refractivity (Wildman–Crippen MR) is 95.1 cm³/mol. The van der Waals surface area contributed by atoms with Crippen LogP contribution < -0.4 is 15.8 Å². The molecule has 0 spiro atoms. The minimum absolute atomic E-state index is 0. The van der Waals surface area contributed by atoms with Crippen LogP contribution in [0.2, 0.25) is 0 Å². The van der Waals surface area contributed by atoms with Gasteiger partial charge in [0, 0.05) is 25.1 Å². The van der Waals surface area contributed by atoms with Crippen LogP contribution in [0.4, 0.5) is 0 Å². The molecule has 5 nitrogen and oxygen atoms in total. The fourth-order valence-electron chi connectivity index (χ4n) is 3.04. The molecule has 0 aliphatic carbocycles. The van der Waals surface area contributed by atoms with E-state index < -0.39 is 0 Å². The van der Waals surface area contributed by atoms with Crippen molar-refractivity contribution in [2.24, 2.45) is 5.73 Å². The van der Waals surface area contributed by atoms with Crippen LogP contribution in [0.15, 0.2) is 24.3 Å². The number of ether oxygens (including phenoxy) is 1. The molecule has 1 aliphatic heterocycles. The number of piperidine rings is 1. The molecule has 23 heavy (non-hydrogen) atoms. The van der Waals surface area contributed by atoms with Crippen LogP contribution in [-0.2, 0) is 4.79 Å². The van der Waals surface area contributed by atoms with Gasteiger partial charge in [-0.2, -0.15) is 0 Å². The van der Waals surface area contributed by atoms with Crippen molar-refractivity contribution >= 4 is 18.3 Å². The number of methoxy groups -OCH3 is 1. The molecule has 0 radical (unpaired) electrons. The number of nitrogens with zero attached hydrogens (tertiary/aromatic N) is 1. The topological polar surface area (TPSA) is 67.6 Å². The molecule has 3 N–H and O–H groups in total. The van der Waals surface area contributed by atoms with E-state index in [1.165, 1.54) is 19.3 Å². The minimum Gasteiger partial charge on any atom is -0.496 e. The largest absolute Gasteiger partial charge is 0.496 e. The number of para-hydroxylation sites is 1. The minimum atomic E-state index is 0. The average molecular weight is 342 g/mol. The maximum Gasteiger partial charge on any atom is 0.221 e. The van der Waals surface area contributed by atoms with Gasteiger partial charge in [-0.1, -0.05) is 24.6 Å². The predicted octanol–water partition coefficient (Wildman–Crippen LogP) is 2.11. The lowest BCUT2D eigenvalue weighted by molar-refractivity contribution is -0.121. The van der Waals surface area contributed by atoms with Gasteiger partial charge in [-0.15, -0.1) is 12.4 Å². The number of carbonyl (C=O) groups excluding carboxylic acids is 1. The van der Waals surface area contributed by atoms with Crippen LogP contribution in [0, 0.1) is 0 Å². The molecule has 6 heteroatoms. The Kier molecular flexibility index (Phi) is 8.99. The van der Waals surface area contributed by atoms with Crippen LogP contribution in [0.1, 0.15) is 37.3 Å². The summed E-state index contributed by atoms with van der Waals surface area (Å²) in [6, 6.07) is 8.22. The molecular formula is C17H28ClN3O2. The number of benzene rings is 1. The van der Waals surface area contributed by atoms with Gasteiger partial charge in [0.25, 0.3) is 0 Å². The number of nitrogens with two attached hydrogens (primary N) is 1. The molecule has 0 aromatic heterocycles. The maximum absolute atomic E-state index is 11.8. The SMILES string of the molecule is COc1ccccc1C(CNC(=O)CCN)N1CCCCC1.Cl. The van der Waals surface area contributed by atoms with Crippen molar-refractivity contribution < 1.29 is 9.53 Å². The first-order valence-electron chi connectivity index (χ1n) is 8.10. The average Bonchev–Trinajstić information content (AvgIpc) is 2.57. The summed E-state index contributed by atoms with van der Waals surface area (Å²) >= 11 is 0. The molecule has 1 aromatic carbocycles. The third-order valence-electron chi connectivity index (χ3n) is 4.19. The van der Waals surface area contributed by atoms with Crippen molar-refractivity contribution in [1.29, 1.82) is 0 Å². The van der Waals surface area contributed by atoms with Gasteiger partial charge in [-0.25, -0.2) is 0 Å². The Hall–Kier alpha value is -1.30. The number of likely N-dealkylation sites (tertiary alicyclic amines) is 1. The quantitative estimate of drug-likeness (QED) is 0.797. The zero-order chi connectivity index (χ0) is 15.8. The maximum atomic E-state index is 11.8. The van der Waals surface area contributed by atoms with Gasteiger partial charge < -0.3 is 15.8 Å². The molecule has 0 saturated carbocycles. The van der Waals surface area contributed by atoms with E-state index in [0.29, 0.717) is 19.5 Å². The van der Waals surface area contributed by atoms with Crippen LogP contribution in [0.5, 0.6) is 5.75 Å². The molecule has 1 heterocycles. The summed E-state index contributed by atoms with van der Waals surface area (Å²) in [5, 5.41) is 3.01. The van der Waals surface area contributed by atoms with E-state index in [-0.39, 0.29) is 24.4 Å². The Balaban J connectivity index is 0.00000264. The summed E-state index contributed by atoms with van der Waals surface area (Å²) in [5.41, 5.74) is 6.58. The van der Waals surface area contributed by atoms with Crippen molar-refractivity contribution in [2.45, 2.75) is 31.7 Å². The Morgan fingerprint density at radius 1 is 1.30 bits per heavy atom. The highest BCUT2D eigenvalue weighted by Crippen LogP contribution is 2.30. The standard InChI is InChI=1S/C17H27N3O2.ClH/c1-22-16-8-4-3-7-14(16)15(13-19-17(21)9-10-18)20-11-5-2-6-12-20;/h3-4,7-8,15H,2,5-6,9-13,18H2,1H3,(H,19,21);1H. The summed E-state index contributed by atoms with van der Waals surface area (Å²) in [4.78, 5) is 14.2. The molecule has 1 unspecified atom stereocenters. The molecule has 2 rings (SSSR count). The highest BCUT2D eigenvalue weighted by molar-refractivity contribution is 5.85. The van der Waals surface area contributed by atoms with E-state index in [0.717, 1.165) is 24.4 Å². The Bertz CT molecular complexity index is 479. The highest BCUT2D eigenvalue weighted by Gasteiger charge is 2.25. The summed E-state index contributed by atoms with van der Waals surface area (Å²) < 4.78 is 5.51. The third kappa shape index (κ3) is 5.68. The zero-order valence-corrected chi connectivity index (χ0v) is 14.6. The van der Waals surface area contributed by atoms with Crippen LogP contribution in [0.3, 0.4) is 0 Å². The molecule has 1 amide bonds. The van der Waals surface area contributed by atoms with E-state index >= 15 is 0 Å². The second-order valence-corrected chi connectivity index (χ2v) is 5.70. The van der Waals surface area contributed by atoms with Crippen LogP contribution >= 0.6 is 12.4 Å². The number of hydrogen-bond donors (Lipinski definition) is 2. The molecule has 1 aromatic rings. The Morgan fingerprint density at radius 2 is 2.00 bits per heavy atom. The number of halogens is 1. The Morgan fingerprint density at radius 3 is 2.65 bits per heavy atom.